The number of aliphatic hydroxyl groups is 1. The van der Waals surface area contributed by atoms with E-state index in [1.165, 1.54) is 6.92 Å². The van der Waals surface area contributed by atoms with E-state index in [0.29, 0.717) is 24.0 Å². The maximum absolute atomic E-state index is 15.0. The molecule has 1 aromatic heterocycles. The molecule has 22 heteroatoms. The molecule has 8 amide bonds. The number of rotatable bonds is 29. The Balaban J connectivity index is 1.26. The summed E-state index contributed by atoms with van der Waals surface area (Å²) >= 11 is 8.62. The molecule has 0 saturated carbocycles. The van der Waals surface area contributed by atoms with Gasteiger partial charge < -0.3 is 64.5 Å². The number of aromatic nitrogens is 1. The Morgan fingerprint density at radius 3 is 1.66 bits per heavy atom. The molecule has 0 spiro atoms. The lowest BCUT2D eigenvalue weighted by Gasteiger charge is -2.29. The molecule has 6 rings (SSSR count). The van der Waals surface area contributed by atoms with Gasteiger partial charge in [0.2, 0.25) is 47.3 Å². The smallest absolute Gasteiger partial charge is 0.244 e. The van der Waals surface area contributed by atoms with Crippen LogP contribution < -0.4 is 54.4 Å². The number of H-pyrrole nitrogens is 1. The Morgan fingerprint density at radius 2 is 1.04 bits per heavy atom. The van der Waals surface area contributed by atoms with Crippen molar-refractivity contribution in [2.24, 2.45) is 23.1 Å². The number of para-hydroxylation sites is 1. The zero-order chi connectivity index (χ0) is 58.0. The number of hydrogen-bond donors (Lipinski definition) is 14. The first-order chi connectivity index (χ1) is 38.3. The lowest BCUT2D eigenvalue weighted by molar-refractivity contribution is -0.136. The van der Waals surface area contributed by atoms with Crippen LogP contribution in [0, 0.1) is 5.92 Å². The van der Waals surface area contributed by atoms with Gasteiger partial charge in [0.25, 0.3) is 0 Å². The Morgan fingerprint density at radius 1 is 0.525 bits per heavy atom. The fourth-order valence-corrected chi connectivity index (χ4v) is 9.84. The first-order valence-electron chi connectivity index (χ1n) is 26.6. The van der Waals surface area contributed by atoms with E-state index in [9.17, 15) is 38.7 Å². The number of fused-ring (bicyclic) bond motifs is 3. The highest BCUT2D eigenvalue weighted by Gasteiger charge is 2.36. The van der Waals surface area contributed by atoms with Crippen molar-refractivity contribution in [3.63, 3.8) is 0 Å². The molecule has 0 aliphatic carbocycles. The third kappa shape index (κ3) is 16.8. The van der Waals surface area contributed by atoms with E-state index in [2.05, 4.69) is 67.5 Å². The quantitative estimate of drug-likeness (QED) is 0.0237. The van der Waals surface area contributed by atoms with Crippen molar-refractivity contribution >= 4 is 105 Å². The summed E-state index contributed by atoms with van der Waals surface area (Å²) in [4.78, 5) is 114. The summed E-state index contributed by atoms with van der Waals surface area (Å²) in [5, 5.41) is 33.3. The van der Waals surface area contributed by atoms with Crippen LogP contribution in [-0.2, 0) is 57.6 Å². The minimum atomic E-state index is -1.46. The molecule has 1 heterocycles. The molecule has 0 radical (unpaired) electrons. The number of unbranched alkanes of at least 4 members (excludes halogenated alkanes) is 1. The van der Waals surface area contributed by atoms with E-state index in [-0.39, 0.29) is 43.7 Å². The van der Waals surface area contributed by atoms with Crippen LogP contribution in [0.5, 0.6) is 0 Å². The van der Waals surface area contributed by atoms with E-state index in [1.54, 1.807) is 20.0 Å². The van der Waals surface area contributed by atoms with Gasteiger partial charge in [-0.15, -0.1) is 0 Å². The second-order valence-corrected chi connectivity index (χ2v) is 20.9. The maximum atomic E-state index is 15.0. The molecule has 6 aromatic rings. The number of aromatic amines is 1. The monoisotopic (exact) mass is 1130 g/mol. The first kappa shape index (κ1) is 61.7. The Bertz CT molecular complexity index is 3150. The SMILES string of the molecule is CC(C)[C@H](NC(=O)[C@H](CCCCN)NC(=O)[C@@H](Cc1c[nH]c2ccccc12)NC(=O)[C@H](Cc1cccc2ccccc12)NC(=O)[C@H](CS)NC(=O)[C@H](N)Cc1ccc2ccccc2c1)C(=O)N[C@@H](CS)C(=O)N[C@H](C(N)=O)[C@@H](C)O. The molecule has 426 valence electrons. The van der Waals surface area contributed by atoms with Crippen molar-refractivity contribution in [2.45, 2.75) is 114 Å². The topological polar surface area (TPSA) is 335 Å². The van der Waals surface area contributed by atoms with Crippen molar-refractivity contribution in [3.05, 3.63) is 132 Å². The van der Waals surface area contributed by atoms with Crippen LogP contribution in [0.1, 0.15) is 56.7 Å². The van der Waals surface area contributed by atoms with Crippen LogP contribution in [0.3, 0.4) is 0 Å². The van der Waals surface area contributed by atoms with Crippen molar-refractivity contribution in [1.82, 2.24) is 42.2 Å². The molecular weight excluding hydrogens is 1060 g/mol. The molecule has 80 heavy (non-hydrogen) atoms. The van der Waals surface area contributed by atoms with Gasteiger partial charge in [-0.3, -0.25) is 38.4 Å². The zero-order valence-corrected chi connectivity index (χ0v) is 46.7. The summed E-state index contributed by atoms with van der Waals surface area (Å²) in [6.45, 7) is 4.86. The molecule has 0 aliphatic heterocycles. The van der Waals surface area contributed by atoms with Gasteiger partial charge in [0.05, 0.1) is 12.1 Å². The van der Waals surface area contributed by atoms with E-state index in [4.69, 9.17) is 17.2 Å². The van der Waals surface area contributed by atoms with Crippen LogP contribution in [0.15, 0.2) is 115 Å². The molecule has 15 N–H and O–H groups in total. The van der Waals surface area contributed by atoms with Gasteiger partial charge >= 0.3 is 0 Å². The van der Waals surface area contributed by atoms with Gasteiger partial charge in [0, 0.05) is 41.4 Å². The predicted octanol–water partition coefficient (Wildman–Crippen LogP) is 1.73. The number of aliphatic hydroxyl groups excluding tert-OH is 1. The standard InChI is InChI=1S/C58H73N11O9S2/c1-32(2)49(58(78)67-48(31-80)57(77)69-50(33(3)70)51(61)71)68-53(73)44(21-10-11-24-59)63-54(74)46(28-39-29-62-43-20-9-8-19-41(39)43)64-55(75)45(27-38-17-12-16-36-14-6-7-18-40(36)38)65-56(76)47(30-79)66-52(72)42(60)26-34-22-23-35-13-4-5-15-37(35)25-34/h4-9,12-20,22-23,25,29,32-33,42,44-50,62,70,79-80H,10-11,21,24,26-28,30-31,59-60H2,1-3H3,(H2,61,71)(H,63,74)(H,64,75)(H,65,76)(H,66,72)(H,67,78)(H,68,73)(H,69,77)/t33-,42-,44+,45+,46-,47+,48+,49+,50+/m1/s1. The fourth-order valence-electron chi connectivity index (χ4n) is 9.32. The Hall–Kier alpha value is -7.50. The molecule has 0 bridgehead atoms. The van der Waals surface area contributed by atoms with Crippen LogP contribution >= 0.6 is 25.3 Å². The number of nitrogens with two attached hydrogens (primary N) is 3. The fraction of sp³-hybridized carbons (Fsp3) is 0.379. The van der Waals surface area contributed by atoms with Gasteiger partial charge in [-0.05, 0) is 89.4 Å². The largest absolute Gasteiger partial charge is 0.391 e. The zero-order valence-electron chi connectivity index (χ0n) is 44.9. The molecule has 0 aliphatic rings. The summed E-state index contributed by atoms with van der Waals surface area (Å²) in [5.74, 6) is -7.23. The normalized spacial score (nSPS) is 14.8. The first-order valence-corrected chi connectivity index (χ1v) is 27.8. The number of carbonyl (C=O) groups is 8. The van der Waals surface area contributed by atoms with Crippen LogP contribution in [0.4, 0.5) is 0 Å². The number of hydrogen-bond acceptors (Lipinski definition) is 13. The van der Waals surface area contributed by atoms with Crippen LogP contribution in [0.2, 0.25) is 0 Å². The third-order valence-electron chi connectivity index (χ3n) is 13.8. The highest BCUT2D eigenvalue weighted by Crippen LogP contribution is 2.23. The summed E-state index contributed by atoms with van der Waals surface area (Å²) in [6.07, 6.45) is 1.31. The summed E-state index contributed by atoms with van der Waals surface area (Å²) in [5.41, 5.74) is 20.5. The maximum Gasteiger partial charge on any atom is 0.244 e. The second-order valence-electron chi connectivity index (χ2n) is 20.2. The molecule has 0 saturated heterocycles. The van der Waals surface area contributed by atoms with E-state index >= 15 is 4.79 Å². The number of thiol groups is 2. The average molecular weight is 1130 g/mol. The minimum absolute atomic E-state index is 0.0557. The third-order valence-corrected chi connectivity index (χ3v) is 14.6. The number of primary amides is 1. The van der Waals surface area contributed by atoms with E-state index in [0.717, 1.165) is 38.0 Å². The number of nitrogens with one attached hydrogen (secondary N) is 8. The van der Waals surface area contributed by atoms with Gasteiger partial charge in [-0.1, -0.05) is 117 Å². The van der Waals surface area contributed by atoms with Gasteiger partial charge in [0.1, 0.15) is 42.3 Å². The molecule has 9 atom stereocenters. The van der Waals surface area contributed by atoms with E-state index in [1.807, 2.05) is 109 Å². The Labute approximate surface area is 475 Å². The molecule has 5 aromatic carbocycles. The van der Waals surface area contributed by atoms with Crippen LogP contribution in [-0.4, -0.2) is 130 Å². The number of benzene rings is 5. The minimum Gasteiger partial charge on any atom is -0.391 e. The number of carbonyl (C=O) groups excluding carboxylic acids is 8. The molecule has 0 unspecified atom stereocenters. The van der Waals surface area contributed by atoms with Gasteiger partial charge in [0.15, 0.2) is 0 Å². The molecular formula is C58H73N11O9S2. The summed E-state index contributed by atoms with van der Waals surface area (Å²) in [7, 11) is 0. The van der Waals surface area contributed by atoms with Crippen LogP contribution in [0.25, 0.3) is 32.4 Å². The average Bonchev–Trinajstić information content (AvgIpc) is 3.86. The van der Waals surface area contributed by atoms with E-state index < -0.39 is 108 Å². The number of amides is 8. The van der Waals surface area contributed by atoms with Gasteiger partial charge in [-0.2, -0.15) is 25.3 Å². The van der Waals surface area contributed by atoms with Gasteiger partial charge in [-0.25, -0.2) is 0 Å². The van der Waals surface area contributed by atoms with Crippen molar-refractivity contribution in [2.75, 3.05) is 18.1 Å². The van der Waals surface area contributed by atoms with Crippen molar-refractivity contribution in [3.8, 4) is 0 Å². The molecule has 0 fully saturated rings. The lowest BCUT2D eigenvalue weighted by atomic mass is 9.97. The summed E-state index contributed by atoms with van der Waals surface area (Å²) in [6, 6.07) is 23.7. The molecule has 20 nitrogen and oxygen atoms in total. The second kappa shape index (κ2) is 29.6. The van der Waals surface area contributed by atoms with Crippen molar-refractivity contribution in [1.29, 1.82) is 0 Å². The van der Waals surface area contributed by atoms with Crippen molar-refractivity contribution < 1.29 is 43.5 Å². The lowest BCUT2D eigenvalue weighted by Crippen LogP contribution is -2.62. The highest BCUT2D eigenvalue weighted by molar-refractivity contribution is 7.80. The Kier molecular flexibility index (Phi) is 22.9. The predicted molar refractivity (Wildman–Crippen MR) is 315 cm³/mol. The highest BCUT2D eigenvalue weighted by atomic mass is 32.1. The summed E-state index contributed by atoms with van der Waals surface area (Å²) < 4.78 is 0.